The number of carbonyl (C=O) groups is 1. The summed E-state index contributed by atoms with van der Waals surface area (Å²) < 4.78 is 44.0. The van der Waals surface area contributed by atoms with Gasteiger partial charge >= 0.3 is 5.97 Å². The van der Waals surface area contributed by atoms with Gasteiger partial charge in [0.2, 0.25) is 5.79 Å². The molecule has 1 aromatic carbocycles. The van der Waals surface area contributed by atoms with Gasteiger partial charge in [0.05, 0.1) is 92.5 Å². The lowest BCUT2D eigenvalue weighted by molar-refractivity contribution is -0.185. The summed E-state index contributed by atoms with van der Waals surface area (Å²) in [4.78, 5) is 9.25. The fourth-order valence-electron chi connectivity index (χ4n) is 3.83. The fourth-order valence-corrected chi connectivity index (χ4v) is 3.83. The molecule has 1 unspecified atom stereocenters. The molecule has 0 aromatic heterocycles. The van der Waals surface area contributed by atoms with E-state index in [0.717, 1.165) is 18.9 Å². The number of aliphatic hydroxyl groups excluding tert-OH is 1. The molecule has 0 saturated heterocycles. The molecule has 1 atom stereocenters. The van der Waals surface area contributed by atoms with Gasteiger partial charge in [0.1, 0.15) is 12.4 Å². The molecular weight excluding hydrogens is 600 g/mol. The van der Waals surface area contributed by atoms with E-state index in [9.17, 15) is 9.90 Å². The van der Waals surface area contributed by atoms with E-state index in [2.05, 4.69) is 13.5 Å². The summed E-state index contributed by atoms with van der Waals surface area (Å²) >= 11 is 0. The molecule has 0 spiro atoms. The quantitative estimate of drug-likeness (QED) is 0.0561. The number of benzene rings is 1. The second-order valence-electron chi connectivity index (χ2n) is 10.2. The van der Waals surface area contributed by atoms with Crippen molar-refractivity contribution in [1.82, 2.24) is 0 Å². The lowest BCUT2D eigenvalue weighted by Crippen LogP contribution is -2.41. The lowest BCUT2D eigenvalue weighted by Gasteiger charge is -2.29. The monoisotopic (exact) mass is 660 g/mol. The summed E-state index contributed by atoms with van der Waals surface area (Å²) in [5.41, 5.74) is 0. The molecule has 0 aliphatic carbocycles. The van der Waals surface area contributed by atoms with Gasteiger partial charge in [-0.3, -0.25) is 0 Å². The van der Waals surface area contributed by atoms with Gasteiger partial charge in [0.25, 0.3) is 0 Å². The molecule has 0 saturated carbocycles. The molecular formula is C34H60O12. The smallest absolute Gasteiger partial charge is 0.327 e. The minimum absolute atomic E-state index is 0.0240. The van der Waals surface area contributed by atoms with Crippen molar-refractivity contribution in [3.63, 3.8) is 0 Å². The average Bonchev–Trinajstić information content (AvgIpc) is 3.05. The van der Waals surface area contributed by atoms with Gasteiger partial charge in [-0.15, -0.1) is 0 Å². The number of carboxylic acid groups (broad SMARTS) is 1. The Labute approximate surface area is 275 Å². The minimum Gasteiger partial charge on any atom is -0.478 e. The van der Waals surface area contributed by atoms with Crippen molar-refractivity contribution >= 4 is 5.97 Å². The SMILES string of the molecule is C=CC(=O)O.CCCCCCCCCC(O)(COCCOCCOCCOCCOCCOCCOCCO)Oc1ccccc1. The molecule has 0 aliphatic heterocycles. The van der Waals surface area contributed by atoms with Crippen LogP contribution in [0.25, 0.3) is 0 Å². The molecule has 0 aliphatic rings. The molecule has 1 aromatic rings. The van der Waals surface area contributed by atoms with Crippen LogP contribution in [0.15, 0.2) is 43.0 Å². The zero-order valence-corrected chi connectivity index (χ0v) is 28.0. The van der Waals surface area contributed by atoms with Crippen molar-refractivity contribution < 1.29 is 58.0 Å². The van der Waals surface area contributed by atoms with Gasteiger partial charge in [-0.2, -0.15) is 0 Å². The third-order valence-corrected chi connectivity index (χ3v) is 6.19. The summed E-state index contributed by atoms with van der Waals surface area (Å²) in [6, 6.07) is 9.39. The van der Waals surface area contributed by atoms with Crippen LogP contribution in [0.1, 0.15) is 58.3 Å². The number of aliphatic hydroxyl groups is 2. The van der Waals surface area contributed by atoms with Crippen LogP contribution in [-0.4, -0.2) is 126 Å². The Kier molecular flexibility index (Phi) is 32.6. The Bertz CT molecular complexity index is 783. The van der Waals surface area contributed by atoms with Gasteiger partial charge < -0.3 is 53.2 Å². The third kappa shape index (κ3) is 31.8. The first-order chi connectivity index (χ1) is 22.5. The summed E-state index contributed by atoms with van der Waals surface area (Å²) in [7, 11) is 0. The predicted octanol–water partition coefficient (Wildman–Crippen LogP) is 4.26. The van der Waals surface area contributed by atoms with Crippen LogP contribution in [-0.2, 0) is 38.0 Å². The standard InChI is InChI=1S/C31H56O10.C3H4O2/c1-2-3-4-5-6-7-11-14-31(33,41-30-12-9-8-10-13-30)29-40-28-27-39-26-25-38-24-23-37-22-21-36-20-19-35-18-17-34-16-15-32;1-2-3(4)5/h8-10,12-13,32-33H,2-7,11,14-29H2,1H3;2H,1H2,(H,4,5). The van der Waals surface area contributed by atoms with Crippen molar-refractivity contribution in [3.05, 3.63) is 43.0 Å². The Morgan fingerprint density at radius 3 is 1.48 bits per heavy atom. The van der Waals surface area contributed by atoms with E-state index in [0.29, 0.717) is 98.1 Å². The molecule has 12 heteroatoms. The minimum atomic E-state index is -1.36. The summed E-state index contributed by atoms with van der Waals surface area (Å²) in [5.74, 6) is -1.71. The third-order valence-electron chi connectivity index (χ3n) is 6.19. The highest BCUT2D eigenvalue weighted by Crippen LogP contribution is 2.23. The first kappa shape index (κ1) is 43.9. The van der Waals surface area contributed by atoms with E-state index in [4.69, 9.17) is 48.1 Å². The van der Waals surface area contributed by atoms with Crippen LogP contribution < -0.4 is 4.74 Å². The summed E-state index contributed by atoms with van der Waals surface area (Å²) in [6.45, 7) is 11.3. The van der Waals surface area contributed by atoms with E-state index in [1.807, 2.05) is 30.3 Å². The topological polar surface area (TPSA) is 152 Å². The number of unbranched alkanes of at least 4 members (excludes halogenated alkanes) is 6. The number of hydrogen-bond donors (Lipinski definition) is 3. The maximum Gasteiger partial charge on any atom is 0.327 e. The Balaban J connectivity index is 0.00000373. The number of hydrogen-bond acceptors (Lipinski definition) is 11. The highest BCUT2D eigenvalue weighted by Gasteiger charge is 2.29. The molecule has 268 valence electrons. The number of aliphatic carboxylic acids is 1. The highest BCUT2D eigenvalue weighted by molar-refractivity contribution is 5.78. The average molecular weight is 661 g/mol. The normalized spacial score (nSPS) is 12.2. The van der Waals surface area contributed by atoms with E-state index < -0.39 is 11.8 Å². The van der Waals surface area contributed by atoms with Crippen LogP contribution in [0.2, 0.25) is 0 Å². The molecule has 0 amide bonds. The number of carboxylic acids is 1. The first-order valence-electron chi connectivity index (χ1n) is 16.4. The second-order valence-corrected chi connectivity index (χ2v) is 10.2. The van der Waals surface area contributed by atoms with Gasteiger partial charge in [-0.1, -0.05) is 70.2 Å². The fraction of sp³-hybridized carbons (Fsp3) is 0.735. The number of ether oxygens (including phenoxy) is 8. The molecule has 12 nitrogen and oxygen atoms in total. The molecule has 0 bridgehead atoms. The highest BCUT2D eigenvalue weighted by atomic mass is 16.7. The molecule has 0 fully saturated rings. The number of rotatable bonds is 33. The molecule has 1 rings (SSSR count). The van der Waals surface area contributed by atoms with Crippen LogP contribution >= 0.6 is 0 Å². The molecule has 0 heterocycles. The van der Waals surface area contributed by atoms with Crippen molar-refractivity contribution in [2.45, 2.75) is 64.1 Å². The van der Waals surface area contributed by atoms with Crippen molar-refractivity contribution in [2.24, 2.45) is 0 Å². The molecule has 0 radical (unpaired) electrons. The van der Waals surface area contributed by atoms with Crippen molar-refractivity contribution in [3.8, 4) is 5.75 Å². The second kappa shape index (κ2) is 34.2. The van der Waals surface area contributed by atoms with Crippen LogP contribution in [0.3, 0.4) is 0 Å². The maximum atomic E-state index is 11.1. The Morgan fingerprint density at radius 1 is 0.674 bits per heavy atom. The zero-order chi connectivity index (χ0) is 33.8. The van der Waals surface area contributed by atoms with Crippen molar-refractivity contribution in [1.29, 1.82) is 0 Å². The molecule has 3 N–H and O–H groups in total. The van der Waals surface area contributed by atoms with Gasteiger partial charge in [0, 0.05) is 12.5 Å². The maximum absolute atomic E-state index is 11.1. The van der Waals surface area contributed by atoms with Crippen LogP contribution in [0.4, 0.5) is 0 Å². The Morgan fingerprint density at radius 2 is 1.07 bits per heavy atom. The summed E-state index contributed by atoms with van der Waals surface area (Å²) in [5, 5.41) is 27.3. The van der Waals surface area contributed by atoms with Gasteiger partial charge in [-0.05, 0) is 18.6 Å². The van der Waals surface area contributed by atoms with E-state index >= 15 is 0 Å². The zero-order valence-electron chi connectivity index (χ0n) is 28.0. The number of para-hydroxylation sites is 1. The molecule has 46 heavy (non-hydrogen) atoms. The van der Waals surface area contributed by atoms with Crippen molar-refractivity contribution in [2.75, 3.05) is 99.1 Å². The van der Waals surface area contributed by atoms with Gasteiger partial charge in [0.15, 0.2) is 0 Å². The van der Waals surface area contributed by atoms with Crippen LogP contribution in [0, 0.1) is 0 Å². The van der Waals surface area contributed by atoms with Gasteiger partial charge in [-0.25, -0.2) is 4.79 Å². The first-order valence-corrected chi connectivity index (χ1v) is 16.4. The lowest BCUT2D eigenvalue weighted by atomic mass is 10.0. The largest absolute Gasteiger partial charge is 0.478 e. The van der Waals surface area contributed by atoms with E-state index in [1.165, 1.54) is 32.1 Å². The summed E-state index contributed by atoms with van der Waals surface area (Å²) in [6.07, 6.45) is 9.56. The van der Waals surface area contributed by atoms with E-state index in [1.54, 1.807) is 0 Å². The Hall–Kier alpha value is -2.13. The van der Waals surface area contributed by atoms with E-state index in [-0.39, 0.29) is 13.2 Å². The van der Waals surface area contributed by atoms with Crippen LogP contribution in [0.5, 0.6) is 5.75 Å². The predicted molar refractivity (Wildman–Crippen MR) is 175 cm³/mol.